The van der Waals surface area contributed by atoms with E-state index in [1.807, 2.05) is 20.8 Å². The Morgan fingerprint density at radius 2 is 1.20 bits per heavy atom. The summed E-state index contributed by atoms with van der Waals surface area (Å²) in [5.41, 5.74) is 0.112. The molecule has 4 atom stereocenters. The zero-order valence-electron chi connectivity index (χ0n) is 30.6. The predicted octanol–water partition coefficient (Wildman–Crippen LogP) is 6.49. The van der Waals surface area contributed by atoms with Crippen molar-refractivity contribution in [2.75, 3.05) is 13.2 Å². The van der Waals surface area contributed by atoms with Gasteiger partial charge in [-0.25, -0.2) is 9.59 Å². The number of rotatable bonds is 24. The molecule has 14 heteroatoms. The summed E-state index contributed by atoms with van der Waals surface area (Å²) in [5.74, 6) is -3.26. The van der Waals surface area contributed by atoms with Crippen LogP contribution in [0.5, 0.6) is 0 Å². The van der Waals surface area contributed by atoms with E-state index in [-0.39, 0.29) is 95.7 Å². The van der Waals surface area contributed by atoms with Gasteiger partial charge in [-0.05, 0) is 49.7 Å². The van der Waals surface area contributed by atoms with Crippen molar-refractivity contribution in [2.24, 2.45) is 11.8 Å². The van der Waals surface area contributed by atoms with Crippen LogP contribution < -0.4 is 0 Å². The van der Waals surface area contributed by atoms with Gasteiger partial charge in [0, 0.05) is 0 Å². The first kappa shape index (κ1) is 53.2. The zero-order valence-corrected chi connectivity index (χ0v) is 35.5. The molecule has 0 amide bonds. The molecule has 2 N–H and O–H groups in total. The van der Waals surface area contributed by atoms with Crippen LogP contribution in [0, 0.1) is 11.8 Å². The molecular formula is C36H63NaO11SSn. The summed E-state index contributed by atoms with van der Waals surface area (Å²) in [7, 11) is -4.76. The van der Waals surface area contributed by atoms with Crippen molar-refractivity contribution in [3.8, 4) is 0 Å². The zero-order chi connectivity index (χ0) is 36.5. The van der Waals surface area contributed by atoms with Crippen LogP contribution in [-0.2, 0) is 33.9 Å². The van der Waals surface area contributed by atoms with Crippen molar-refractivity contribution in [1.29, 1.82) is 0 Å². The van der Waals surface area contributed by atoms with E-state index in [0.717, 1.165) is 83.5 Å². The predicted molar refractivity (Wildman–Crippen MR) is 201 cm³/mol. The number of unbranched alkanes of at least 4 members (excludes halogenated alkanes) is 3. The standard InChI is InChI=1S/C20H38O7S.C16H22O4.Na.Sn.3H/c1-5-9-11-16(7-3)14-26-19(21)13-18(28(23,24)25)20(22)27-15-17(8-4)12-10-6-2;1-3-5-9-12(8-4-2)20-16(19)14-11-7-6-10-13(14)15(17)18;;;;;/h16-18H,5-15H2,1-4H3,(H,23,24,25);6-7,10-12H,3-5,8-9H2,1-2H3,(H,17,18);;;;;. The Morgan fingerprint density at radius 1 is 0.720 bits per heavy atom. The van der Waals surface area contributed by atoms with E-state index in [2.05, 4.69) is 20.8 Å². The first-order valence-corrected chi connectivity index (χ1v) is 19.1. The van der Waals surface area contributed by atoms with E-state index in [1.165, 1.54) is 12.1 Å². The second-order valence-electron chi connectivity index (χ2n) is 12.2. The molecule has 0 aromatic heterocycles. The van der Waals surface area contributed by atoms with Gasteiger partial charge in [0.2, 0.25) is 0 Å². The second kappa shape index (κ2) is 31.3. The Balaban J connectivity index is -0.000000890. The molecule has 0 saturated carbocycles. The first-order chi connectivity index (χ1) is 22.8. The van der Waals surface area contributed by atoms with Crippen LogP contribution in [0.1, 0.15) is 152 Å². The van der Waals surface area contributed by atoms with Crippen LogP contribution in [0.3, 0.4) is 0 Å². The molecule has 1 aromatic rings. The number of carboxylic acids is 1. The molecule has 284 valence electrons. The average Bonchev–Trinajstić information content (AvgIpc) is 3.05. The molecule has 2 radical (unpaired) electrons. The van der Waals surface area contributed by atoms with Gasteiger partial charge in [0.25, 0.3) is 10.1 Å². The molecule has 4 unspecified atom stereocenters. The van der Waals surface area contributed by atoms with Gasteiger partial charge >= 0.3 is 77.3 Å². The van der Waals surface area contributed by atoms with Crippen LogP contribution in [0.25, 0.3) is 0 Å². The summed E-state index contributed by atoms with van der Waals surface area (Å²) < 4.78 is 48.2. The van der Waals surface area contributed by atoms with Crippen molar-refractivity contribution in [3.05, 3.63) is 35.4 Å². The number of benzene rings is 1. The molecule has 0 spiro atoms. The molecule has 0 heterocycles. The SMILES string of the molecule is CCCCC(CC)COC(=O)CC(C(=O)OCC(CC)CCCC)S(=O)(=O)O.CCCCC(CCC)OC(=O)c1ccccc1C(=O)O.[NaH].[SnH2]. The van der Waals surface area contributed by atoms with Gasteiger partial charge in [-0.1, -0.05) is 111 Å². The summed E-state index contributed by atoms with van der Waals surface area (Å²) in [6.07, 6.45) is 11.2. The Hall–Kier alpha value is -1.19. The summed E-state index contributed by atoms with van der Waals surface area (Å²) >= 11 is 0. The maximum atomic E-state index is 12.2. The molecule has 11 nitrogen and oxygen atoms in total. The maximum absolute atomic E-state index is 12.2. The monoisotopic (exact) mass is 846 g/mol. The molecule has 0 bridgehead atoms. The molecule has 50 heavy (non-hydrogen) atoms. The second-order valence-corrected chi connectivity index (χ2v) is 13.8. The van der Waals surface area contributed by atoms with E-state index in [4.69, 9.17) is 19.3 Å². The van der Waals surface area contributed by atoms with E-state index in [1.54, 1.807) is 12.1 Å². The molecule has 1 rings (SSSR count). The van der Waals surface area contributed by atoms with Crippen LogP contribution in [-0.4, -0.2) is 120 Å². The quantitative estimate of drug-likeness (QED) is 0.0505. The van der Waals surface area contributed by atoms with Crippen molar-refractivity contribution < 1.29 is 51.5 Å². The molecule has 0 saturated heterocycles. The van der Waals surface area contributed by atoms with E-state index in [0.29, 0.717) is 0 Å². The summed E-state index contributed by atoms with van der Waals surface area (Å²) in [4.78, 5) is 47.4. The Kier molecular flexibility index (Phi) is 33.3. The topological polar surface area (TPSA) is 171 Å². The summed E-state index contributed by atoms with van der Waals surface area (Å²) in [6.45, 7) is 12.5. The third kappa shape index (κ3) is 23.4. The molecular weight excluding hydrogens is 782 g/mol. The van der Waals surface area contributed by atoms with Gasteiger partial charge in [-0.3, -0.25) is 14.1 Å². The fourth-order valence-electron chi connectivity index (χ4n) is 4.90. The number of carbonyl (C=O) groups is 4. The van der Waals surface area contributed by atoms with Gasteiger partial charge in [0.05, 0.1) is 30.8 Å². The Bertz CT molecular complexity index is 1200. The van der Waals surface area contributed by atoms with Gasteiger partial charge < -0.3 is 19.3 Å². The van der Waals surface area contributed by atoms with Crippen LogP contribution in [0.2, 0.25) is 0 Å². The minimum atomic E-state index is -4.76. The van der Waals surface area contributed by atoms with Gasteiger partial charge in [-0.2, -0.15) is 8.42 Å². The third-order valence-electron chi connectivity index (χ3n) is 8.14. The molecule has 0 aliphatic rings. The van der Waals surface area contributed by atoms with Crippen LogP contribution >= 0.6 is 0 Å². The van der Waals surface area contributed by atoms with Gasteiger partial charge in [-0.15, -0.1) is 0 Å². The number of esters is 3. The van der Waals surface area contributed by atoms with Gasteiger partial charge in [0.1, 0.15) is 6.10 Å². The number of hydrogen-bond donors (Lipinski definition) is 2. The van der Waals surface area contributed by atoms with Gasteiger partial charge in [0.15, 0.2) is 5.25 Å². The Labute approximate surface area is 339 Å². The van der Waals surface area contributed by atoms with Crippen molar-refractivity contribution in [2.45, 2.75) is 143 Å². The fourth-order valence-corrected chi connectivity index (χ4v) is 5.56. The number of aromatic carboxylic acids is 1. The minimum absolute atomic E-state index is 0. The van der Waals surface area contributed by atoms with E-state index < -0.39 is 45.7 Å². The third-order valence-corrected chi connectivity index (χ3v) is 9.22. The van der Waals surface area contributed by atoms with Crippen LogP contribution in [0.15, 0.2) is 24.3 Å². The first-order valence-electron chi connectivity index (χ1n) is 17.6. The van der Waals surface area contributed by atoms with E-state index >= 15 is 0 Å². The van der Waals surface area contributed by atoms with Crippen LogP contribution in [0.4, 0.5) is 0 Å². The fraction of sp³-hybridized carbons (Fsp3) is 0.722. The number of carbonyl (C=O) groups excluding carboxylic acids is 3. The Morgan fingerprint density at radius 3 is 1.64 bits per heavy atom. The van der Waals surface area contributed by atoms with Crippen molar-refractivity contribution in [3.63, 3.8) is 0 Å². The van der Waals surface area contributed by atoms with Crippen molar-refractivity contribution in [1.82, 2.24) is 0 Å². The molecule has 0 aliphatic carbocycles. The number of hydrogen-bond acceptors (Lipinski definition) is 9. The number of ether oxygens (including phenoxy) is 3. The van der Waals surface area contributed by atoms with E-state index in [9.17, 15) is 32.1 Å². The molecule has 1 aromatic carbocycles. The summed E-state index contributed by atoms with van der Waals surface area (Å²) in [6, 6.07) is 6.15. The molecule has 0 fully saturated rings. The molecule has 0 aliphatic heterocycles. The average molecular weight is 846 g/mol. The number of carboxylic acid groups (broad SMARTS) is 1. The summed E-state index contributed by atoms with van der Waals surface area (Å²) in [5, 5.41) is 7.14. The normalized spacial score (nSPS) is 13.1. The van der Waals surface area contributed by atoms with Crippen molar-refractivity contribution >= 4 is 87.5 Å².